The maximum atomic E-state index is 4.27. The Bertz CT molecular complexity index is 320. The van der Waals surface area contributed by atoms with Crippen LogP contribution in [0.4, 0.5) is 0 Å². The van der Waals surface area contributed by atoms with Gasteiger partial charge in [0, 0.05) is 24.5 Å². The molecule has 0 radical (unpaired) electrons. The summed E-state index contributed by atoms with van der Waals surface area (Å²) in [6.07, 6.45) is 2.87. The highest BCUT2D eigenvalue weighted by Crippen LogP contribution is 2.27. The molecule has 0 bridgehead atoms. The summed E-state index contributed by atoms with van der Waals surface area (Å²) >= 11 is 1.76. The first-order valence-corrected chi connectivity index (χ1v) is 6.92. The maximum Gasteiger partial charge on any atom is 0.0798 e. The van der Waals surface area contributed by atoms with Gasteiger partial charge in [-0.2, -0.15) is 0 Å². The molecule has 16 heavy (non-hydrogen) atoms. The number of aryl methyl sites for hydroxylation is 1. The molecule has 0 saturated heterocycles. The summed E-state index contributed by atoms with van der Waals surface area (Å²) in [5, 5.41) is 3.52. The summed E-state index contributed by atoms with van der Waals surface area (Å²) in [6, 6.07) is 0. The molecule has 0 aromatic carbocycles. The lowest BCUT2D eigenvalue weighted by Crippen LogP contribution is -2.29. The van der Waals surface area contributed by atoms with Crippen molar-refractivity contribution in [2.45, 2.75) is 26.3 Å². The van der Waals surface area contributed by atoms with Gasteiger partial charge in [0.15, 0.2) is 0 Å². The van der Waals surface area contributed by atoms with Crippen LogP contribution in [-0.4, -0.2) is 36.6 Å². The highest BCUT2D eigenvalue weighted by Gasteiger charge is 2.20. The second-order valence-electron chi connectivity index (χ2n) is 4.75. The first kappa shape index (κ1) is 12.0. The number of hydrogen-bond acceptors (Lipinski definition) is 4. The zero-order valence-electron chi connectivity index (χ0n) is 10.2. The Kier molecular flexibility index (Phi) is 4.32. The van der Waals surface area contributed by atoms with E-state index in [0.29, 0.717) is 0 Å². The Labute approximate surface area is 102 Å². The fourth-order valence-electron chi connectivity index (χ4n) is 1.70. The van der Waals surface area contributed by atoms with Gasteiger partial charge in [0.05, 0.1) is 11.2 Å². The number of nitrogens with one attached hydrogen (secondary N) is 1. The first-order valence-electron chi connectivity index (χ1n) is 6.04. The van der Waals surface area contributed by atoms with Crippen molar-refractivity contribution >= 4 is 11.3 Å². The van der Waals surface area contributed by atoms with Crippen molar-refractivity contribution in [2.75, 3.05) is 26.7 Å². The molecule has 0 amide bonds. The van der Waals surface area contributed by atoms with Crippen molar-refractivity contribution in [3.05, 3.63) is 16.1 Å². The Morgan fingerprint density at radius 1 is 1.56 bits per heavy atom. The van der Waals surface area contributed by atoms with Crippen LogP contribution in [-0.2, 0) is 6.54 Å². The average molecular weight is 239 g/mol. The molecular formula is C12H21N3S. The lowest BCUT2D eigenvalue weighted by Gasteiger charge is -2.16. The third kappa shape index (κ3) is 3.85. The van der Waals surface area contributed by atoms with Gasteiger partial charge in [0.25, 0.3) is 0 Å². The van der Waals surface area contributed by atoms with E-state index in [1.807, 2.05) is 5.51 Å². The summed E-state index contributed by atoms with van der Waals surface area (Å²) in [7, 11) is 2.18. The minimum atomic E-state index is 0.981. The molecule has 90 valence electrons. The fourth-order valence-corrected chi connectivity index (χ4v) is 2.56. The molecule has 3 nitrogen and oxygen atoms in total. The summed E-state index contributed by atoms with van der Waals surface area (Å²) in [5.74, 6) is 0.981. The number of likely N-dealkylation sites (N-methyl/N-ethyl adjacent to an activating group) is 1. The largest absolute Gasteiger partial charge is 0.315 e. The van der Waals surface area contributed by atoms with Gasteiger partial charge >= 0.3 is 0 Å². The maximum absolute atomic E-state index is 4.27. The van der Waals surface area contributed by atoms with Gasteiger partial charge in [-0.15, -0.1) is 11.3 Å². The lowest BCUT2D eigenvalue weighted by atomic mass is 10.3. The Morgan fingerprint density at radius 2 is 2.38 bits per heavy atom. The second-order valence-corrected chi connectivity index (χ2v) is 5.69. The predicted molar refractivity (Wildman–Crippen MR) is 68.8 cm³/mol. The van der Waals surface area contributed by atoms with E-state index in [4.69, 9.17) is 0 Å². The highest BCUT2D eigenvalue weighted by atomic mass is 32.1. The molecule has 1 N–H and O–H groups in total. The average Bonchev–Trinajstić information content (AvgIpc) is 3.00. The Hall–Kier alpha value is -0.450. The van der Waals surface area contributed by atoms with Crippen molar-refractivity contribution in [3.8, 4) is 0 Å². The number of thiazole rings is 1. The summed E-state index contributed by atoms with van der Waals surface area (Å²) in [5.41, 5.74) is 3.12. The lowest BCUT2D eigenvalue weighted by molar-refractivity contribution is 0.325. The molecule has 1 fully saturated rings. The molecule has 1 aliphatic rings. The van der Waals surface area contributed by atoms with Crippen LogP contribution in [0.1, 0.15) is 23.4 Å². The van der Waals surface area contributed by atoms with Crippen molar-refractivity contribution in [1.82, 2.24) is 15.2 Å². The Balaban J connectivity index is 1.60. The van der Waals surface area contributed by atoms with Gasteiger partial charge in [-0.3, -0.25) is 4.90 Å². The third-order valence-electron chi connectivity index (χ3n) is 3.06. The zero-order valence-corrected chi connectivity index (χ0v) is 11.0. The Morgan fingerprint density at radius 3 is 3.00 bits per heavy atom. The number of aromatic nitrogens is 1. The van der Waals surface area contributed by atoms with E-state index in [1.54, 1.807) is 11.3 Å². The normalized spacial score (nSPS) is 15.9. The highest BCUT2D eigenvalue weighted by molar-refractivity contribution is 7.09. The van der Waals surface area contributed by atoms with Crippen LogP contribution < -0.4 is 5.32 Å². The number of nitrogens with zero attached hydrogens (tertiary/aromatic N) is 2. The molecule has 2 rings (SSSR count). The summed E-state index contributed by atoms with van der Waals surface area (Å²) < 4.78 is 0. The van der Waals surface area contributed by atoms with Crippen LogP contribution in [0.15, 0.2) is 5.51 Å². The number of rotatable bonds is 7. The van der Waals surface area contributed by atoms with Gasteiger partial charge in [0.2, 0.25) is 0 Å². The van der Waals surface area contributed by atoms with Gasteiger partial charge in [-0.05, 0) is 39.3 Å². The van der Waals surface area contributed by atoms with E-state index < -0.39 is 0 Å². The molecule has 0 spiro atoms. The van der Waals surface area contributed by atoms with Crippen LogP contribution in [0, 0.1) is 12.8 Å². The molecule has 0 aliphatic heterocycles. The van der Waals surface area contributed by atoms with E-state index >= 15 is 0 Å². The van der Waals surface area contributed by atoms with Crippen LogP contribution in [0.2, 0.25) is 0 Å². The third-order valence-corrected chi connectivity index (χ3v) is 3.98. The molecule has 1 saturated carbocycles. The topological polar surface area (TPSA) is 28.2 Å². The van der Waals surface area contributed by atoms with Gasteiger partial charge in [-0.1, -0.05) is 0 Å². The smallest absolute Gasteiger partial charge is 0.0798 e. The van der Waals surface area contributed by atoms with Crippen molar-refractivity contribution in [1.29, 1.82) is 0 Å². The van der Waals surface area contributed by atoms with Crippen LogP contribution in [0.5, 0.6) is 0 Å². The standard InChI is InChI=1S/C12H21N3S/c1-10-12(16-9-14-10)8-15(2)6-5-13-7-11-3-4-11/h9,11,13H,3-8H2,1-2H3. The fraction of sp³-hybridized carbons (Fsp3) is 0.750. The first-order chi connectivity index (χ1) is 7.75. The van der Waals surface area contributed by atoms with E-state index in [0.717, 1.165) is 25.6 Å². The SMILES string of the molecule is Cc1ncsc1CN(C)CCNCC1CC1. The molecule has 1 aromatic rings. The van der Waals surface area contributed by atoms with E-state index in [1.165, 1.54) is 30.0 Å². The monoisotopic (exact) mass is 239 g/mol. The number of hydrogen-bond donors (Lipinski definition) is 1. The quantitative estimate of drug-likeness (QED) is 0.736. The van der Waals surface area contributed by atoms with Crippen LogP contribution in [0.25, 0.3) is 0 Å². The minimum absolute atomic E-state index is 0.981. The van der Waals surface area contributed by atoms with E-state index in [2.05, 4.69) is 29.2 Å². The zero-order chi connectivity index (χ0) is 11.4. The van der Waals surface area contributed by atoms with Gasteiger partial charge in [-0.25, -0.2) is 4.98 Å². The second kappa shape index (κ2) is 5.75. The van der Waals surface area contributed by atoms with E-state index in [9.17, 15) is 0 Å². The molecule has 0 unspecified atom stereocenters. The minimum Gasteiger partial charge on any atom is -0.315 e. The molecular weight excluding hydrogens is 218 g/mol. The van der Waals surface area contributed by atoms with Crippen LogP contribution in [0.3, 0.4) is 0 Å². The van der Waals surface area contributed by atoms with Crippen molar-refractivity contribution < 1.29 is 0 Å². The molecule has 1 aliphatic carbocycles. The molecule has 1 heterocycles. The van der Waals surface area contributed by atoms with Gasteiger partial charge in [0.1, 0.15) is 0 Å². The predicted octanol–water partition coefficient (Wildman–Crippen LogP) is 1.88. The summed E-state index contributed by atoms with van der Waals surface area (Å²) in [6.45, 7) is 6.55. The van der Waals surface area contributed by atoms with Crippen LogP contribution >= 0.6 is 11.3 Å². The van der Waals surface area contributed by atoms with Crippen molar-refractivity contribution in [3.63, 3.8) is 0 Å². The van der Waals surface area contributed by atoms with Gasteiger partial charge < -0.3 is 5.32 Å². The molecule has 4 heteroatoms. The molecule has 0 atom stereocenters. The molecule has 1 aromatic heterocycles. The van der Waals surface area contributed by atoms with E-state index in [-0.39, 0.29) is 0 Å². The van der Waals surface area contributed by atoms with Crippen molar-refractivity contribution in [2.24, 2.45) is 5.92 Å². The summed E-state index contributed by atoms with van der Waals surface area (Å²) in [4.78, 5) is 8.03.